The minimum absolute atomic E-state index is 0.158. The Balaban J connectivity index is 1.82. The molecule has 0 radical (unpaired) electrons. The third-order valence-corrected chi connectivity index (χ3v) is 4.57. The summed E-state index contributed by atoms with van der Waals surface area (Å²) in [6.45, 7) is 2.52. The SMILES string of the molecule is Cc1nn(-c2ccc(Br)cc2)cc1C(=O)N1CCC(C(=O)O)C1. The zero-order chi connectivity index (χ0) is 16.6. The average Bonchev–Trinajstić information content (AvgIpc) is 3.14. The molecule has 120 valence electrons. The van der Waals surface area contributed by atoms with Gasteiger partial charge >= 0.3 is 5.97 Å². The predicted molar refractivity (Wildman–Crippen MR) is 87.6 cm³/mol. The molecule has 1 atom stereocenters. The number of rotatable bonds is 3. The third-order valence-electron chi connectivity index (χ3n) is 4.05. The highest BCUT2D eigenvalue weighted by atomic mass is 79.9. The van der Waals surface area contributed by atoms with Crippen molar-refractivity contribution in [3.63, 3.8) is 0 Å². The molecule has 2 heterocycles. The quantitative estimate of drug-likeness (QED) is 0.891. The van der Waals surface area contributed by atoms with Crippen LogP contribution in [-0.4, -0.2) is 44.8 Å². The van der Waals surface area contributed by atoms with Crippen LogP contribution in [-0.2, 0) is 4.79 Å². The summed E-state index contributed by atoms with van der Waals surface area (Å²) in [6.07, 6.45) is 2.20. The van der Waals surface area contributed by atoms with Gasteiger partial charge in [0.1, 0.15) is 0 Å². The molecule has 1 N–H and O–H groups in total. The fourth-order valence-electron chi connectivity index (χ4n) is 2.71. The molecule has 0 spiro atoms. The average molecular weight is 378 g/mol. The summed E-state index contributed by atoms with van der Waals surface area (Å²) in [7, 11) is 0. The first-order chi connectivity index (χ1) is 11.0. The first-order valence-corrected chi connectivity index (χ1v) is 8.09. The van der Waals surface area contributed by atoms with Crippen LogP contribution in [0.5, 0.6) is 0 Å². The Labute approximate surface area is 141 Å². The molecule has 1 aliphatic rings. The summed E-state index contributed by atoms with van der Waals surface area (Å²) < 4.78 is 2.64. The van der Waals surface area contributed by atoms with Gasteiger partial charge in [-0.2, -0.15) is 5.10 Å². The first kappa shape index (κ1) is 15.7. The number of benzene rings is 1. The molecule has 1 unspecified atom stereocenters. The van der Waals surface area contributed by atoms with Crippen molar-refractivity contribution in [3.05, 3.63) is 46.2 Å². The van der Waals surface area contributed by atoms with Crippen molar-refractivity contribution in [3.8, 4) is 5.69 Å². The topological polar surface area (TPSA) is 75.4 Å². The standard InChI is InChI=1S/C16H16BrN3O3/c1-10-14(15(21)19-7-6-11(8-19)16(22)23)9-20(18-10)13-4-2-12(17)3-5-13/h2-5,9,11H,6-8H2,1H3,(H,22,23). The summed E-state index contributed by atoms with van der Waals surface area (Å²) in [5, 5.41) is 13.4. The summed E-state index contributed by atoms with van der Waals surface area (Å²) >= 11 is 3.38. The second kappa shape index (κ2) is 6.16. The van der Waals surface area contributed by atoms with Crippen LogP contribution in [0.25, 0.3) is 5.69 Å². The van der Waals surface area contributed by atoms with Gasteiger partial charge in [0.2, 0.25) is 0 Å². The highest BCUT2D eigenvalue weighted by Crippen LogP contribution is 2.21. The van der Waals surface area contributed by atoms with Gasteiger partial charge in [0.25, 0.3) is 5.91 Å². The van der Waals surface area contributed by atoms with E-state index in [0.717, 1.165) is 10.2 Å². The van der Waals surface area contributed by atoms with E-state index in [1.165, 1.54) is 0 Å². The molecule has 3 rings (SSSR count). The Morgan fingerprint density at radius 2 is 2.00 bits per heavy atom. The molecular formula is C16H16BrN3O3. The number of halogens is 1. The number of carboxylic acid groups (broad SMARTS) is 1. The Morgan fingerprint density at radius 3 is 2.61 bits per heavy atom. The number of likely N-dealkylation sites (tertiary alicyclic amines) is 1. The van der Waals surface area contributed by atoms with Crippen LogP contribution >= 0.6 is 15.9 Å². The fraction of sp³-hybridized carbons (Fsp3) is 0.312. The van der Waals surface area contributed by atoms with E-state index in [4.69, 9.17) is 5.11 Å². The monoisotopic (exact) mass is 377 g/mol. The zero-order valence-corrected chi connectivity index (χ0v) is 14.2. The Hall–Kier alpha value is -2.15. The normalized spacial score (nSPS) is 17.5. The van der Waals surface area contributed by atoms with E-state index in [-0.39, 0.29) is 12.5 Å². The number of aryl methyl sites for hydroxylation is 1. The number of carbonyl (C=O) groups is 2. The lowest BCUT2D eigenvalue weighted by Gasteiger charge is -2.14. The van der Waals surface area contributed by atoms with Crippen LogP contribution in [0.1, 0.15) is 22.5 Å². The largest absolute Gasteiger partial charge is 0.481 e. The maximum Gasteiger partial charge on any atom is 0.308 e. The lowest BCUT2D eigenvalue weighted by atomic mass is 10.1. The number of nitrogens with zero attached hydrogens (tertiary/aromatic N) is 3. The van der Waals surface area contributed by atoms with Crippen molar-refractivity contribution in [1.82, 2.24) is 14.7 Å². The van der Waals surface area contributed by atoms with Crippen molar-refractivity contribution in [2.45, 2.75) is 13.3 Å². The van der Waals surface area contributed by atoms with E-state index >= 15 is 0 Å². The van der Waals surface area contributed by atoms with Gasteiger partial charge in [0.05, 0.1) is 22.9 Å². The maximum atomic E-state index is 12.6. The van der Waals surface area contributed by atoms with Gasteiger partial charge in [-0.3, -0.25) is 9.59 Å². The molecule has 7 heteroatoms. The smallest absolute Gasteiger partial charge is 0.308 e. The van der Waals surface area contributed by atoms with Crippen LogP contribution in [0, 0.1) is 12.8 Å². The number of aromatic nitrogens is 2. The molecule has 0 aliphatic carbocycles. The van der Waals surface area contributed by atoms with E-state index in [2.05, 4.69) is 21.0 Å². The van der Waals surface area contributed by atoms with E-state index in [0.29, 0.717) is 24.2 Å². The molecule has 2 aromatic rings. The number of aliphatic carboxylic acids is 1. The Bertz CT molecular complexity index is 754. The van der Waals surface area contributed by atoms with Crippen molar-refractivity contribution >= 4 is 27.8 Å². The summed E-state index contributed by atoms with van der Waals surface area (Å²) in [6, 6.07) is 7.62. The number of carboxylic acids is 1. The van der Waals surface area contributed by atoms with Gasteiger partial charge in [0.15, 0.2) is 0 Å². The molecule has 0 saturated carbocycles. The van der Waals surface area contributed by atoms with Gasteiger partial charge in [0, 0.05) is 23.8 Å². The predicted octanol–water partition coefficient (Wildman–Crippen LogP) is 2.49. The van der Waals surface area contributed by atoms with Gasteiger partial charge in [-0.25, -0.2) is 4.68 Å². The molecule has 1 fully saturated rings. The Kier molecular flexibility index (Phi) is 4.21. The molecule has 23 heavy (non-hydrogen) atoms. The first-order valence-electron chi connectivity index (χ1n) is 7.30. The maximum absolute atomic E-state index is 12.6. The van der Waals surface area contributed by atoms with Gasteiger partial charge in [-0.1, -0.05) is 15.9 Å². The minimum Gasteiger partial charge on any atom is -0.481 e. The molecule has 6 nitrogen and oxygen atoms in total. The number of hydrogen-bond acceptors (Lipinski definition) is 3. The number of amides is 1. The second-order valence-electron chi connectivity index (χ2n) is 5.62. The number of carbonyl (C=O) groups excluding carboxylic acids is 1. The van der Waals surface area contributed by atoms with Gasteiger partial charge < -0.3 is 10.0 Å². The molecular weight excluding hydrogens is 362 g/mol. The van der Waals surface area contributed by atoms with Gasteiger partial charge in [-0.05, 0) is 37.6 Å². The van der Waals surface area contributed by atoms with Crippen molar-refractivity contribution in [1.29, 1.82) is 0 Å². The van der Waals surface area contributed by atoms with Crippen molar-refractivity contribution in [2.24, 2.45) is 5.92 Å². The molecule has 1 aliphatic heterocycles. The molecule has 1 amide bonds. The van der Waals surface area contributed by atoms with Crippen molar-refractivity contribution < 1.29 is 14.7 Å². The van der Waals surface area contributed by atoms with Crippen LogP contribution < -0.4 is 0 Å². The molecule has 1 saturated heterocycles. The van der Waals surface area contributed by atoms with Crippen LogP contribution in [0.3, 0.4) is 0 Å². The summed E-state index contributed by atoms with van der Waals surface area (Å²) in [5.41, 5.74) is 2.01. The van der Waals surface area contributed by atoms with E-state index < -0.39 is 11.9 Å². The highest BCUT2D eigenvalue weighted by Gasteiger charge is 2.32. The third kappa shape index (κ3) is 3.14. The highest BCUT2D eigenvalue weighted by molar-refractivity contribution is 9.10. The van der Waals surface area contributed by atoms with Gasteiger partial charge in [-0.15, -0.1) is 0 Å². The van der Waals surface area contributed by atoms with Crippen LogP contribution in [0.2, 0.25) is 0 Å². The fourth-order valence-corrected chi connectivity index (χ4v) is 2.98. The number of hydrogen-bond donors (Lipinski definition) is 1. The van der Waals surface area contributed by atoms with E-state index in [1.807, 2.05) is 24.3 Å². The minimum atomic E-state index is -0.845. The summed E-state index contributed by atoms with van der Waals surface area (Å²) in [4.78, 5) is 25.2. The molecule has 1 aromatic heterocycles. The van der Waals surface area contributed by atoms with E-state index in [1.54, 1.807) is 22.7 Å². The second-order valence-corrected chi connectivity index (χ2v) is 6.54. The van der Waals surface area contributed by atoms with Crippen molar-refractivity contribution in [2.75, 3.05) is 13.1 Å². The zero-order valence-electron chi connectivity index (χ0n) is 12.6. The lowest BCUT2D eigenvalue weighted by Crippen LogP contribution is -2.30. The van der Waals surface area contributed by atoms with Crippen LogP contribution in [0.4, 0.5) is 0 Å². The van der Waals surface area contributed by atoms with E-state index in [9.17, 15) is 9.59 Å². The Morgan fingerprint density at radius 1 is 1.30 bits per heavy atom. The summed E-state index contributed by atoms with van der Waals surface area (Å²) in [5.74, 6) is -1.47. The van der Waals surface area contributed by atoms with Crippen LogP contribution in [0.15, 0.2) is 34.9 Å². The lowest BCUT2D eigenvalue weighted by molar-refractivity contribution is -0.141. The molecule has 1 aromatic carbocycles. The molecule has 0 bridgehead atoms.